The number of Topliss-reactive ketones (excluding diaryl/α,β-unsaturated/α-hetero) is 2. The molecule has 2 aromatic carbocycles. The van der Waals surface area contributed by atoms with Gasteiger partial charge in [0.25, 0.3) is 0 Å². The van der Waals surface area contributed by atoms with Gasteiger partial charge in [-0.15, -0.1) is 0 Å². The molecular formula is C33H42O7P+. The lowest BCUT2D eigenvalue weighted by Gasteiger charge is -2.25. The van der Waals surface area contributed by atoms with Crippen molar-refractivity contribution in [2.45, 2.75) is 46.5 Å². The van der Waals surface area contributed by atoms with Gasteiger partial charge in [-0.1, -0.05) is 48.3 Å². The summed E-state index contributed by atoms with van der Waals surface area (Å²) < 4.78 is 34.9. The van der Waals surface area contributed by atoms with E-state index in [2.05, 4.69) is 32.9 Å². The quantitative estimate of drug-likeness (QED) is 0.0921. The van der Waals surface area contributed by atoms with Crippen molar-refractivity contribution in [3.8, 4) is 23.0 Å². The Labute approximate surface area is 244 Å². The second kappa shape index (κ2) is 14.5. The van der Waals surface area contributed by atoms with E-state index >= 15 is 0 Å². The minimum atomic E-state index is -1.45. The molecule has 220 valence electrons. The molecule has 0 radical (unpaired) electrons. The van der Waals surface area contributed by atoms with Crippen LogP contribution in [0.25, 0.3) is 0 Å². The van der Waals surface area contributed by atoms with Crippen LogP contribution in [0.3, 0.4) is 0 Å². The van der Waals surface area contributed by atoms with Crippen molar-refractivity contribution in [3.05, 3.63) is 70.8 Å². The van der Waals surface area contributed by atoms with Gasteiger partial charge in [-0.3, -0.25) is 9.59 Å². The molecule has 3 rings (SSSR count). The van der Waals surface area contributed by atoms with Crippen LogP contribution < -0.4 is 18.9 Å². The Morgan fingerprint density at radius 1 is 0.829 bits per heavy atom. The number of carbonyl (C=O) groups excluding carboxylic acids is 2. The molecule has 0 fully saturated rings. The van der Waals surface area contributed by atoms with E-state index in [0.717, 1.165) is 12.0 Å². The Kier molecular flexibility index (Phi) is 11.3. The molecule has 0 aromatic heterocycles. The summed E-state index contributed by atoms with van der Waals surface area (Å²) in [5.74, 6) is -0.542. The Morgan fingerprint density at radius 2 is 1.29 bits per heavy atom. The van der Waals surface area contributed by atoms with E-state index in [1.54, 1.807) is 36.4 Å². The van der Waals surface area contributed by atoms with E-state index < -0.39 is 25.3 Å². The predicted octanol–water partition coefficient (Wildman–Crippen LogP) is 7.70. The van der Waals surface area contributed by atoms with Gasteiger partial charge in [0.2, 0.25) is 0 Å². The highest BCUT2D eigenvalue weighted by atomic mass is 31.1. The number of rotatable bonds is 15. The lowest BCUT2D eigenvalue weighted by molar-refractivity contribution is 0.0791. The Morgan fingerprint density at radius 3 is 1.71 bits per heavy atom. The van der Waals surface area contributed by atoms with Gasteiger partial charge in [-0.25, -0.2) is 0 Å². The van der Waals surface area contributed by atoms with E-state index in [1.165, 1.54) is 34.0 Å². The molecule has 0 amide bonds. The number of ketones is 2. The monoisotopic (exact) mass is 581 g/mol. The van der Waals surface area contributed by atoms with E-state index in [1.807, 2.05) is 0 Å². The smallest absolute Gasteiger partial charge is 0.343 e. The van der Waals surface area contributed by atoms with E-state index in [0.29, 0.717) is 48.2 Å². The van der Waals surface area contributed by atoms with Crippen LogP contribution in [0, 0.1) is 11.3 Å². The largest absolute Gasteiger partial charge is 0.496 e. The van der Waals surface area contributed by atoms with Crippen molar-refractivity contribution in [2.24, 2.45) is 11.3 Å². The van der Waals surface area contributed by atoms with Gasteiger partial charge in [0, 0.05) is 0 Å². The van der Waals surface area contributed by atoms with Crippen LogP contribution in [0.5, 0.6) is 23.0 Å². The molecule has 0 heterocycles. The molecule has 0 aliphatic heterocycles. The van der Waals surface area contributed by atoms with Gasteiger partial charge in [0.1, 0.15) is 40.3 Å². The Bertz CT molecular complexity index is 1230. The van der Waals surface area contributed by atoms with Crippen molar-refractivity contribution < 1.29 is 33.1 Å². The Hall–Kier alpha value is -3.44. The fourth-order valence-electron chi connectivity index (χ4n) is 5.34. The first-order chi connectivity index (χ1) is 19.6. The number of benzene rings is 2. The molecule has 0 bridgehead atoms. The molecule has 1 unspecified atom stereocenters. The molecule has 2 aromatic rings. The summed E-state index contributed by atoms with van der Waals surface area (Å²) in [7, 11) is 4.45. The maximum atomic E-state index is 14.1. The van der Waals surface area contributed by atoms with E-state index in [4.69, 9.17) is 18.9 Å². The molecule has 0 N–H and O–H groups in total. The fourth-order valence-corrected chi connectivity index (χ4v) is 6.83. The molecule has 7 nitrogen and oxygen atoms in total. The van der Waals surface area contributed by atoms with E-state index in [-0.39, 0.29) is 23.0 Å². The van der Waals surface area contributed by atoms with Crippen LogP contribution in [-0.4, -0.2) is 52.3 Å². The lowest BCUT2D eigenvalue weighted by atomic mass is 9.80. The third-order valence-corrected chi connectivity index (χ3v) is 8.99. The summed E-state index contributed by atoms with van der Waals surface area (Å²) in [6, 6.07) is 10.1. The number of methoxy groups -OCH3 is 4. The normalized spacial score (nSPS) is 14.6. The zero-order valence-electron chi connectivity index (χ0n) is 25.2. The van der Waals surface area contributed by atoms with Gasteiger partial charge in [-0.2, -0.15) is 0 Å². The van der Waals surface area contributed by atoms with Crippen LogP contribution in [0.15, 0.2) is 59.7 Å². The number of ether oxygens (including phenoxy) is 4. The maximum Gasteiger partial charge on any atom is 0.343 e. The first-order valence-corrected chi connectivity index (χ1v) is 15.5. The molecular weight excluding hydrogens is 539 g/mol. The van der Waals surface area contributed by atoms with Gasteiger partial charge < -0.3 is 18.9 Å². The molecule has 0 spiro atoms. The van der Waals surface area contributed by atoms with Gasteiger partial charge in [-0.05, 0) is 67.9 Å². The molecule has 0 saturated heterocycles. The predicted molar refractivity (Wildman–Crippen MR) is 163 cm³/mol. The first kappa shape index (κ1) is 32.1. The number of allylic oxidation sites excluding steroid dienone is 4. The highest BCUT2D eigenvalue weighted by Crippen LogP contribution is 2.39. The highest BCUT2D eigenvalue weighted by molar-refractivity contribution is 7.44. The molecule has 1 aliphatic rings. The lowest BCUT2D eigenvalue weighted by Crippen LogP contribution is -2.26. The third-order valence-electron chi connectivity index (χ3n) is 7.48. The van der Waals surface area contributed by atoms with Crippen LogP contribution in [-0.2, 0) is 4.57 Å². The standard InChI is InChI=1S/C33H42O7P/c1-22-20-33(2,3)18-17-23(22)21-41(36)19-9-8-12-24(31(34)29-25(37-4)13-10-14-26(29)38-5)32(35)30-27(39-6)15-11-16-28(30)40-7/h10-11,13-18,24H,8-9,12,19-21H2,1-7H3/q+1. The zero-order valence-corrected chi connectivity index (χ0v) is 26.1. The summed E-state index contributed by atoms with van der Waals surface area (Å²) in [6.45, 7) is 6.51. The van der Waals surface area contributed by atoms with Gasteiger partial charge >= 0.3 is 7.80 Å². The summed E-state index contributed by atoms with van der Waals surface area (Å²) in [6.07, 6.45) is 7.77. The average Bonchev–Trinajstić information content (AvgIpc) is 2.96. The minimum Gasteiger partial charge on any atom is -0.496 e. The number of hydrogen-bond donors (Lipinski definition) is 0. The first-order valence-electron chi connectivity index (χ1n) is 13.9. The summed E-state index contributed by atoms with van der Waals surface area (Å²) in [5.41, 5.74) is 2.99. The molecule has 41 heavy (non-hydrogen) atoms. The number of unbranched alkanes of at least 4 members (excludes halogenated alkanes) is 1. The van der Waals surface area contributed by atoms with Gasteiger partial charge in [0.05, 0.1) is 34.4 Å². The second-order valence-electron chi connectivity index (χ2n) is 11.0. The number of carbonyl (C=O) groups is 2. The molecule has 1 atom stereocenters. The van der Waals surface area contributed by atoms with Crippen molar-refractivity contribution in [1.29, 1.82) is 0 Å². The third kappa shape index (κ3) is 7.85. The average molecular weight is 582 g/mol. The zero-order chi connectivity index (χ0) is 30.2. The summed E-state index contributed by atoms with van der Waals surface area (Å²) in [5, 5.41) is 0. The minimum absolute atomic E-state index is 0.127. The molecule has 1 aliphatic carbocycles. The van der Waals surface area contributed by atoms with Crippen LogP contribution in [0.4, 0.5) is 0 Å². The van der Waals surface area contributed by atoms with Gasteiger partial charge in [0.15, 0.2) is 17.7 Å². The van der Waals surface area contributed by atoms with E-state index in [9.17, 15) is 14.2 Å². The highest BCUT2D eigenvalue weighted by Gasteiger charge is 2.35. The van der Waals surface area contributed by atoms with Crippen molar-refractivity contribution in [3.63, 3.8) is 0 Å². The topological polar surface area (TPSA) is 88.1 Å². The Balaban J connectivity index is 1.83. The maximum absolute atomic E-state index is 14.1. The SMILES string of the molecule is COc1cccc(OC)c1C(=O)C(CCCC[P+](=O)CC1=C(C)CC(C)(C)C=C1)C(=O)c1c(OC)cccc1OC. The van der Waals surface area contributed by atoms with Crippen LogP contribution >= 0.6 is 7.80 Å². The molecule has 8 heteroatoms. The summed E-state index contributed by atoms with van der Waals surface area (Å²) >= 11 is 0. The molecule has 0 saturated carbocycles. The van der Waals surface area contributed by atoms with Crippen LogP contribution in [0.2, 0.25) is 0 Å². The number of hydrogen-bond acceptors (Lipinski definition) is 7. The second-order valence-corrected chi connectivity index (χ2v) is 12.7. The van der Waals surface area contributed by atoms with Crippen molar-refractivity contribution >= 4 is 19.4 Å². The fraction of sp³-hybridized carbons (Fsp3) is 0.455. The van der Waals surface area contributed by atoms with Crippen LogP contribution in [0.1, 0.15) is 67.2 Å². The van der Waals surface area contributed by atoms with Crippen molar-refractivity contribution in [1.82, 2.24) is 0 Å². The van der Waals surface area contributed by atoms with Crippen molar-refractivity contribution in [2.75, 3.05) is 40.8 Å². The summed E-state index contributed by atoms with van der Waals surface area (Å²) in [4.78, 5) is 28.1.